The van der Waals surface area contributed by atoms with Gasteiger partial charge in [0.1, 0.15) is 17.6 Å². The fraction of sp³-hybridized carbons (Fsp3) is 0.545. The highest BCUT2D eigenvalue weighted by atomic mass is 16.5. The molecule has 222 valence electrons. The molecule has 2 atom stereocenters. The monoisotopic (exact) mass is 562 g/mol. The van der Waals surface area contributed by atoms with Crippen molar-refractivity contribution < 1.29 is 19.1 Å². The minimum absolute atomic E-state index is 0.132. The van der Waals surface area contributed by atoms with Crippen molar-refractivity contribution in [1.82, 2.24) is 15.5 Å². The van der Waals surface area contributed by atoms with Crippen LogP contribution in [0.3, 0.4) is 0 Å². The molecule has 2 aliphatic heterocycles. The molecule has 41 heavy (non-hydrogen) atoms. The van der Waals surface area contributed by atoms with Crippen LogP contribution in [0.5, 0.6) is 5.75 Å². The zero-order valence-electron chi connectivity index (χ0n) is 24.6. The summed E-state index contributed by atoms with van der Waals surface area (Å²) < 4.78 is 5.28. The van der Waals surface area contributed by atoms with Crippen molar-refractivity contribution in [2.24, 2.45) is 11.7 Å². The number of Topliss-reactive ketones (excluding diaryl/α,β-unsaturated/α-hetero) is 1. The van der Waals surface area contributed by atoms with Crippen LogP contribution in [0.1, 0.15) is 63.0 Å². The second-order valence-electron chi connectivity index (χ2n) is 11.6. The molecule has 2 saturated heterocycles. The third kappa shape index (κ3) is 7.74. The maximum atomic E-state index is 14.0. The molecule has 0 spiro atoms. The minimum atomic E-state index is -0.745. The number of nitrogens with one attached hydrogen (secondary N) is 2. The van der Waals surface area contributed by atoms with E-state index in [9.17, 15) is 14.4 Å². The smallest absolute Gasteiger partial charge is 0.245 e. The Kier molecular flexibility index (Phi) is 10.9. The standard InChI is InChI=1S/C33H46N4O4/c1-3-7-30(38)33(26-8-5-4-6-9-26)16-20-37(21-17-33)32(40)29(23-24-10-12-27(41-2)13-11-24)36-31(39)28(34)22-25-14-18-35-19-15-25/h4-6,8-13,25,28-29,35H,3,7,14-23,34H2,1-2H3,(H,36,39)/t28-,29-/m0/s1. The summed E-state index contributed by atoms with van der Waals surface area (Å²) in [6.45, 7) is 4.83. The topological polar surface area (TPSA) is 114 Å². The zero-order chi connectivity index (χ0) is 29.2. The molecule has 0 saturated carbocycles. The Morgan fingerprint density at radius 1 is 1.05 bits per heavy atom. The van der Waals surface area contributed by atoms with E-state index in [2.05, 4.69) is 10.6 Å². The van der Waals surface area contributed by atoms with E-state index in [1.807, 2.05) is 66.4 Å². The molecule has 0 radical (unpaired) electrons. The van der Waals surface area contributed by atoms with Crippen LogP contribution in [-0.2, 0) is 26.2 Å². The van der Waals surface area contributed by atoms with Gasteiger partial charge in [0.2, 0.25) is 11.8 Å². The molecule has 2 aromatic rings. The van der Waals surface area contributed by atoms with Crippen LogP contribution in [0.4, 0.5) is 0 Å². The number of hydrogen-bond acceptors (Lipinski definition) is 6. The van der Waals surface area contributed by atoms with E-state index >= 15 is 0 Å². The maximum Gasteiger partial charge on any atom is 0.245 e. The summed E-state index contributed by atoms with van der Waals surface area (Å²) in [5, 5.41) is 6.35. The van der Waals surface area contributed by atoms with Crippen molar-refractivity contribution in [2.75, 3.05) is 33.3 Å². The van der Waals surface area contributed by atoms with E-state index in [0.29, 0.717) is 51.1 Å². The maximum absolute atomic E-state index is 14.0. The number of likely N-dealkylation sites (tertiary alicyclic amines) is 1. The van der Waals surface area contributed by atoms with Crippen LogP contribution < -0.4 is 21.1 Å². The minimum Gasteiger partial charge on any atom is -0.497 e. The molecule has 2 fully saturated rings. The van der Waals surface area contributed by atoms with E-state index in [0.717, 1.165) is 49.2 Å². The average Bonchev–Trinajstić information content (AvgIpc) is 3.01. The summed E-state index contributed by atoms with van der Waals surface area (Å²) in [6.07, 6.45) is 5.42. The van der Waals surface area contributed by atoms with Crippen LogP contribution in [0, 0.1) is 5.92 Å². The van der Waals surface area contributed by atoms with Gasteiger partial charge in [-0.3, -0.25) is 14.4 Å². The number of ether oxygens (including phenoxy) is 1. The number of carbonyl (C=O) groups excluding carboxylic acids is 3. The van der Waals surface area contributed by atoms with Gasteiger partial charge in [-0.1, -0.05) is 49.4 Å². The summed E-state index contributed by atoms with van der Waals surface area (Å²) in [4.78, 5) is 42.5. The number of benzene rings is 2. The highest BCUT2D eigenvalue weighted by molar-refractivity contribution is 5.92. The number of ketones is 1. The van der Waals surface area contributed by atoms with E-state index in [4.69, 9.17) is 10.5 Å². The molecule has 2 aliphatic rings. The van der Waals surface area contributed by atoms with Crippen LogP contribution >= 0.6 is 0 Å². The van der Waals surface area contributed by atoms with Crippen LogP contribution in [0.2, 0.25) is 0 Å². The van der Waals surface area contributed by atoms with Crippen molar-refractivity contribution in [2.45, 2.75) is 75.8 Å². The summed E-state index contributed by atoms with van der Waals surface area (Å²) in [5.41, 5.74) is 7.72. The van der Waals surface area contributed by atoms with E-state index < -0.39 is 17.5 Å². The van der Waals surface area contributed by atoms with E-state index in [1.54, 1.807) is 7.11 Å². The van der Waals surface area contributed by atoms with Crippen molar-refractivity contribution in [3.05, 3.63) is 65.7 Å². The molecule has 4 rings (SSSR count). The number of nitrogens with zero attached hydrogens (tertiary/aromatic N) is 1. The third-order valence-electron chi connectivity index (χ3n) is 8.86. The summed E-state index contributed by atoms with van der Waals surface area (Å²) in [6, 6.07) is 16.1. The predicted octanol–water partition coefficient (Wildman–Crippen LogP) is 3.37. The van der Waals surface area contributed by atoms with Gasteiger partial charge in [-0.25, -0.2) is 0 Å². The lowest BCUT2D eigenvalue weighted by Crippen LogP contribution is -2.57. The average molecular weight is 563 g/mol. The first kappa shape index (κ1) is 30.7. The van der Waals surface area contributed by atoms with Crippen LogP contribution in [0.15, 0.2) is 54.6 Å². The Morgan fingerprint density at radius 2 is 1.71 bits per heavy atom. The summed E-state index contributed by atoms with van der Waals surface area (Å²) in [5.74, 6) is 0.957. The Bertz CT molecular complexity index is 1140. The number of carbonyl (C=O) groups is 3. The Labute approximate surface area is 244 Å². The van der Waals surface area contributed by atoms with Gasteiger partial charge in [0.15, 0.2) is 0 Å². The van der Waals surface area contributed by atoms with Crippen molar-refractivity contribution in [3.63, 3.8) is 0 Å². The first-order valence-corrected chi connectivity index (χ1v) is 15.1. The third-order valence-corrected chi connectivity index (χ3v) is 8.86. The van der Waals surface area contributed by atoms with Gasteiger partial charge in [0.25, 0.3) is 0 Å². The van der Waals surface area contributed by atoms with Gasteiger partial charge in [-0.15, -0.1) is 0 Å². The van der Waals surface area contributed by atoms with Gasteiger partial charge in [-0.05, 0) is 80.8 Å². The molecule has 0 aromatic heterocycles. The lowest BCUT2D eigenvalue weighted by molar-refractivity contribution is -0.140. The van der Waals surface area contributed by atoms with Crippen molar-refractivity contribution in [3.8, 4) is 5.75 Å². The van der Waals surface area contributed by atoms with Crippen LogP contribution in [0.25, 0.3) is 0 Å². The largest absolute Gasteiger partial charge is 0.497 e. The molecule has 2 heterocycles. The van der Waals surface area contributed by atoms with Gasteiger partial charge in [0.05, 0.1) is 18.6 Å². The highest BCUT2D eigenvalue weighted by Gasteiger charge is 2.43. The second kappa shape index (κ2) is 14.6. The van der Waals surface area contributed by atoms with Gasteiger partial charge < -0.3 is 26.0 Å². The Hall–Kier alpha value is -3.23. The highest BCUT2D eigenvalue weighted by Crippen LogP contribution is 2.38. The summed E-state index contributed by atoms with van der Waals surface area (Å²) >= 11 is 0. The molecule has 8 heteroatoms. The molecular formula is C33H46N4O4. The fourth-order valence-corrected chi connectivity index (χ4v) is 6.34. The van der Waals surface area contributed by atoms with Gasteiger partial charge in [0, 0.05) is 25.9 Å². The van der Waals surface area contributed by atoms with Crippen molar-refractivity contribution >= 4 is 17.6 Å². The molecule has 0 bridgehead atoms. The first-order chi connectivity index (χ1) is 19.9. The molecule has 2 amide bonds. The predicted molar refractivity (Wildman–Crippen MR) is 161 cm³/mol. The van der Waals surface area contributed by atoms with E-state index in [1.165, 1.54) is 0 Å². The van der Waals surface area contributed by atoms with E-state index in [-0.39, 0.29) is 17.6 Å². The SMILES string of the molecule is CCCC(=O)C1(c2ccccc2)CCN(C(=O)[C@H](Cc2ccc(OC)cc2)NC(=O)[C@@H](N)CC2CCNCC2)CC1. The quantitative estimate of drug-likeness (QED) is 0.366. The molecule has 8 nitrogen and oxygen atoms in total. The Morgan fingerprint density at radius 3 is 2.32 bits per heavy atom. The lowest BCUT2D eigenvalue weighted by atomic mass is 9.68. The number of piperidine rings is 2. The normalized spacial score (nSPS) is 18.8. The molecular weight excluding hydrogens is 516 g/mol. The van der Waals surface area contributed by atoms with Crippen LogP contribution in [-0.4, -0.2) is 67.9 Å². The molecule has 0 aliphatic carbocycles. The first-order valence-electron chi connectivity index (χ1n) is 15.1. The Balaban J connectivity index is 1.49. The summed E-state index contributed by atoms with van der Waals surface area (Å²) in [7, 11) is 1.61. The zero-order valence-corrected chi connectivity index (χ0v) is 24.6. The van der Waals surface area contributed by atoms with Gasteiger partial charge >= 0.3 is 0 Å². The molecule has 4 N–H and O–H groups in total. The lowest BCUT2D eigenvalue weighted by Gasteiger charge is -2.42. The molecule has 2 aromatic carbocycles. The number of hydrogen-bond donors (Lipinski definition) is 3. The van der Waals surface area contributed by atoms with Gasteiger partial charge in [-0.2, -0.15) is 0 Å². The number of rotatable bonds is 12. The number of amides is 2. The number of methoxy groups -OCH3 is 1. The van der Waals surface area contributed by atoms with Crippen molar-refractivity contribution in [1.29, 1.82) is 0 Å². The second-order valence-corrected chi connectivity index (χ2v) is 11.6. The fourth-order valence-electron chi connectivity index (χ4n) is 6.34. The molecule has 0 unspecified atom stereocenters. The number of nitrogens with two attached hydrogens (primary N) is 1.